The van der Waals surface area contributed by atoms with Gasteiger partial charge in [-0.2, -0.15) is 0 Å². The van der Waals surface area contributed by atoms with E-state index in [0.29, 0.717) is 18.3 Å². The zero-order valence-electron chi connectivity index (χ0n) is 13.4. The number of ether oxygens (including phenoxy) is 1. The van der Waals surface area contributed by atoms with Gasteiger partial charge in [-0.1, -0.05) is 5.16 Å². The van der Waals surface area contributed by atoms with Crippen molar-refractivity contribution in [2.45, 2.75) is 25.9 Å². The smallest absolute Gasteiger partial charge is 0.223 e. The molecule has 0 bridgehead atoms. The molecule has 0 aromatic carbocycles. The maximum Gasteiger partial charge on any atom is 0.223 e. The molecule has 0 saturated carbocycles. The van der Waals surface area contributed by atoms with E-state index in [4.69, 9.17) is 13.7 Å². The molecule has 24 heavy (non-hydrogen) atoms. The van der Waals surface area contributed by atoms with Crippen LogP contribution < -0.4 is 5.32 Å². The minimum absolute atomic E-state index is 0.225. The Morgan fingerprint density at radius 1 is 1.38 bits per heavy atom. The zero-order chi connectivity index (χ0) is 16.4. The molecule has 7 heteroatoms. The molecule has 3 aromatic rings. The van der Waals surface area contributed by atoms with Gasteiger partial charge in [-0.05, 0) is 25.8 Å². The Morgan fingerprint density at radius 3 is 3.04 bits per heavy atom. The summed E-state index contributed by atoms with van der Waals surface area (Å²) in [4.78, 5) is 9.04. The van der Waals surface area contributed by atoms with Gasteiger partial charge in [-0.15, -0.1) is 0 Å². The molecule has 4 heterocycles. The number of nitrogens with zero attached hydrogens (tertiary/aromatic N) is 3. The Bertz CT molecular complexity index is 807. The van der Waals surface area contributed by atoms with Crippen molar-refractivity contribution in [2.75, 3.05) is 18.5 Å². The van der Waals surface area contributed by atoms with Crippen LogP contribution in [0.3, 0.4) is 0 Å². The van der Waals surface area contributed by atoms with Gasteiger partial charge in [-0.25, -0.2) is 9.97 Å². The van der Waals surface area contributed by atoms with E-state index in [2.05, 4.69) is 20.4 Å². The molecule has 1 saturated heterocycles. The molecule has 4 rings (SSSR count). The monoisotopic (exact) mass is 326 g/mol. The van der Waals surface area contributed by atoms with E-state index in [1.165, 1.54) is 0 Å². The van der Waals surface area contributed by atoms with E-state index in [0.717, 1.165) is 42.0 Å². The maximum absolute atomic E-state index is 5.62. The Kier molecular flexibility index (Phi) is 4.00. The van der Waals surface area contributed by atoms with Crippen LogP contribution >= 0.6 is 0 Å². The minimum atomic E-state index is 0.225. The zero-order valence-corrected chi connectivity index (χ0v) is 13.4. The van der Waals surface area contributed by atoms with Gasteiger partial charge in [0.1, 0.15) is 0 Å². The predicted molar refractivity (Wildman–Crippen MR) is 87.4 cm³/mol. The van der Waals surface area contributed by atoms with E-state index in [1.54, 1.807) is 18.7 Å². The molecule has 0 amide bonds. The third kappa shape index (κ3) is 3.03. The molecule has 1 aliphatic rings. The maximum atomic E-state index is 5.62. The van der Waals surface area contributed by atoms with E-state index in [-0.39, 0.29) is 6.10 Å². The van der Waals surface area contributed by atoms with Gasteiger partial charge in [0.2, 0.25) is 5.95 Å². The van der Waals surface area contributed by atoms with Gasteiger partial charge < -0.3 is 19.0 Å². The van der Waals surface area contributed by atoms with Gasteiger partial charge in [0.25, 0.3) is 0 Å². The van der Waals surface area contributed by atoms with Gasteiger partial charge >= 0.3 is 0 Å². The van der Waals surface area contributed by atoms with Crippen molar-refractivity contribution < 1.29 is 13.7 Å². The predicted octanol–water partition coefficient (Wildman–Crippen LogP) is 3.29. The lowest BCUT2D eigenvalue weighted by Gasteiger charge is -2.12. The van der Waals surface area contributed by atoms with Gasteiger partial charge in [-0.3, -0.25) is 0 Å². The standard InChI is InChI=1S/C17H18N4O3/c1-11-7-15(24-21-11)14-9-19-17(18-8-13-3-2-5-23-13)20-16(14)12-4-6-22-10-12/h4,6-7,9-10,13H,2-3,5,8H2,1H3,(H,18,19,20). The van der Waals surface area contributed by atoms with Crippen LogP contribution in [0.4, 0.5) is 5.95 Å². The summed E-state index contributed by atoms with van der Waals surface area (Å²) < 4.78 is 16.2. The van der Waals surface area contributed by atoms with Crippen LogP contribution in [0, 0.1) is 6.92 Å². The largest absolute Gasteiger partial charge is 0.472 e. The van der Waals surface area contributed by atoms with E-state index >= 15 is 0 Å². The highest BCUT2D eigenvalue weighted by atomic mass is 16.5. The molecule has 1 N–H and O–H groups in total. The van der Waals surface area contributed by atoms with Crippen molar-refractivity contribution in [2.24, 2.45) is 0 Å². The molecule has 1 aliphatic heterocycles. The third-order valence-electron chi connectivity index (χ3n) is 3.99. The summed E-state index contributed by atoms with van der Waals surface area (Å²) in [7, 11) is 0. The number of aryl methyl sites for hydroxylation is 1. The van der Waals surface area contributed by atoms with Crippen molar-refractivity contribution in [1.82, 2.24) is 15.1 Å². The quantitative estimate of drug-likeness (QED) is 0.770. The van der Waals surface area contributed by atoms with Crippen molar-refractivity contribution >= 4 is 5.95 Å². The highest BCUT2D eigenvalue weighted by Gasteiger charge is 2.18. The van der Waals surface area contributed by atoms with Crippen LogP contribution in [-0.4, -0.2) is 34.4 Å². The first-order valence-corrected chi connectivity index (χ1v) is 7.98. The first kappa shape index (κ1) is 14.9. The second-order valence-electron chi connectivity index (χ2n) is 5.82. The molecule has 7 nitrogen and oxygen atoms in total. The molecule has 1 fully saturated rings. The Hall–Kier alpha value is -2.67. The Labute approximate surface area is 139 Å². The molecule has 3 aromatic heterocycles. The SMILES string of the molecule is Cc1cc(-c2cnc(NCC3CCCO3)nc2-c2ccoc2)on1. The summed E-state index contributed by atoms with van der Waals surface area (Å²) in [6, 6.07) is 3.72. The minimum Gasteiger partial charge on any atom is -0.472 e. The summed E-state index contributed by atoms with van der Waals surface area (Å²) >= 11 is 0. The Morgan fingerprint density at radius 2 is 2.33 bits per heavy atom. The summed E-state index contributed by atoms with van der Waals surface area (Å²) in [6.07, 6.45) is 7.41. The lowest BCUT2D eigenvalue weighted by atomic mass is 10.1. The molecular formula is C17H18N4O3. The van der Waals surface area contributed by atoms with Crippen molar-refractivity contribution in [3.63, 3.8) is 0 Å². The second kappa shape index (κ2) is 6.45. The van der Waals surface area contributed by atoms with Gasteiger partial charge in [0, 0.05) is 31.0 Å². The second-order valence-corrected chi connectivity index (χ2v) is 5.82. The molecule has 0 spiro atoms. The van der Waals surface area contributed by atoms with Crippen LogP contribution in [0.15, 0.2) is 39.8 Å². The van der Waals surface area contributed by atoms with Crippen molar-refractivity contribution in [3.05, 3.63) is 36.5 Å². The average molecular weight is 326 g/mol. The topological polar surface area (TPSA) is 86.2 Å². The highest BCUT2D eigenvalue weighted by Crippen LogP contribution is 2.31. The number of anilines is 1. The molecule has 0 aliphatic carbocycles. The summed E-state index contributed by atoms with van der Waals surface area (Å²) in [6.45, 7) is 3.41. The number of hydrogen-bond donors (Lipinski definition) is 1. The van der Waals surface area contributed by atoms with Crippen LogP contribution in [-0.2, 0) is 4.74 Å². The lowest BCUT2D eigenvalue weighted by molar-refractivity contribution is 0.120. The molecule has 1 unspecified atom stereocenters. The fourth-order valence-electron chi connectivity index (χ4n) is 2.77. The molecule has 124 valence electrons. The molecule has 0 radical (unpaired) electrons. The summed E-state index contributed by atoms with van der Waals surface area (Å²) in [5, 5.41) is 7.19. The first-order chi connectivity index (χ1) is 11.8. The van der Waals surface area contributed by atoms with Crippen LogP contribution in [0.1, 0.15) is 18.5 Å². The van der Waals surface area contributed by atoms with Crippen molar-refractivity contribution in [1.29, 1.82) is 0 Å². The fourth-order valence-corrected chi connectivity index (χ4v) is 2.77. The van der Waals surface area contributed by atoms with E-state index in [1.807, 2.05) is 19.1 Å². The first-order valence-electron chi connectivity index (χ1n) is 7.98. The number of hydrogen-bond acceptors (Lipinski definition) is 7. The van der Waals surface area contributed by atoms with Gasteiger partial charge in [0.05, 0.1) is 35.6 Å². The number of nitrogens with one attached hydrogen (secondary N) is 1. The lowest BCUT2D eigenvalue weighted by Crippen LogP contribution is -2.19. The van der Waals surface area contributed by atoms with Crippen LogP contribution in [0.5, 0.6) is 0 Å². The summed E-state index contributed by atoms with van der Waals surface area (Å²) in [5.74, 6) is 1.19. The number of rotatable bonds is 5. The summed E-state index contributed by atoms with van der Waals surface area (Å²) in [5.41, 5.74) is 3.19. The number of aromatic nitrogens is 3. The van der Waals surface area contributed by atoms with Crippen molar-refractivity contribution in [3.8, 4) is 22.6 Å². The Balaban J connectivity index is 1.64. The van der Waals surface area contributed by atoms with E-state index in [9.17, 15) is 0 Å². The normalized spacial score (nSPS) is 17.3. The fraction of sp³-hybridized carbons (Fsp3) is 0.353. The van der Waals surface area contributed by atoms with E-state index < -0.39 is 0 Å². The third-order valence-corrected chi connectivity index (χ3v) is 3.99. The van der Waals surface area contributed by atoms with Crippen LogP contribution in [0.2, 0.25) is 0 Å². The molecular weight excluding hydrogens is 308 g/mol. The van der Waals surface area contributed by atoms with Gasteiger partial charge in [0.15, 0.2) is 5.76 Å². The van der Waals surface area contributed by atoms with Crippen LogP contribution in [0.25, 0.3) is 22.6 Å². The number of furan rings is 1. The molecule has 1 atom stereocenters. The highest BCUT2D eigenvalue weighted by molar-refractivity contribution is 5.77. The average Bonchev–Trinajstić information content (AvgIpc) is 3.35.